The molecule has 1 saturated heterocycles. The van der Waals surface area contributed by atoms with Gasteiger partial charge in [-0.05, 0) is 56.8 Å². The molecule has 0 aromatic heterocycles. The third kappa shape index (κ3) is 5.43. The van der Waals surface area contributed by atoms with Gasteiger partial charge in [-0.2, -0.15) is 0 Å². The summed E-state index contributed by atoms with van der Waals surface area (Å²) in [5, 5.41) is 6.30. The SMILES string of the molecule is CCOc1cc(CCCNC(=O)C2CCCCN2)ccc1OC. The molecule has 0 saturated carbocycles. The van der Waals surface area contributed by atoms with Gasteiger partial charge >= 0.3 is 0 Å². The van der Waals surface area contributed by atoms with Crippen molar-refractivity contribution in [1.82, 2.24) is 10.6 Å². The van der Waals surface area contributed by atoms with E-state index >= 15 is 0 Å². The van der Waals surface area contributed by atoms with Crippen LogP contribution in [0.4, 0.5) is 0 Å². The molecule has 1 amide bonds. The lowest BCUT2D eigenvalue weighted by atomic mass is 10.0. The van der Waals surface area contributed by atoms with Crippen LogP contribution < -0.4 is 20.1 Å². The first kappa shape index (κ1) is 17.6. The van der Waals surface area contributed by atoms with Crippen LogP contribution in [0.2, 0.25) is 0 Å². The van der Waals surface area contributed by atoms with Gasteiger partial charge in [-0.3, -0.25) is 4.79 Å². The first-order chi connectivity index (χ1) is 11.2. The van der Waals surface area contributed by atoms with Gasteiger partial charge in [-0.15, -0.1) is 0 Å². The minimum atomic E-state index is -0.00528. The van der Waals surface area contributed by atoms with Crippen molar-refractivity contribution in [2.75, 3.05) is 26.8 Å². The van der Waals surface area contributed by atoms with E-state index in [0.29, 0.717) is 13.2 Å². The largest absolute Gasteiger partial charge is 0.493 e. The minimum Gasteiger partial charge on any atom is -0.493 e. The summed E-state index contributed by atoms with van der Waals surface area (Å²) in [6, 6.07) is 6.00. The Kier molecular flexibility index (Phi) is 7.20. The molecule has 1 aromatic rings. The van der Waals surface area contributed by atoms with Crippen molar-refractivity contribution in [2.24, 2.45) is 0 Å². The molecule has 2 rings (SSSR count). The lowest BCUT2D eigenvalue weighted by Crippen LogP contribution is -2.46. The second-order valence-corrected chi connectivity index (χ2v) is 5.82. The number of nitrogens with one attached hydrogen (secondary N) is 2. The molecule has 23 heavy (non-hydrogen) atoms. The third-order valence-electron chi connectivity index (χ3n) is 4.10. The van der Waals surface area contributed by atoms with Crippen LogP contribution in [0.1, 0.15) is 38.2 Å². The topological polar surface area (TPSA) is 59.6 Å². The summed E-state index contributed by atoms with van der Waals surface area (Å²) in [7, 11) is 1.65. The smallest absolute Gasteiger partial charge is 0.237 e. The van der Waals surface area contributed by atoms with Crippen molar-refractivity contribution in [2.45, 2.75) is 45.1 Å². The molecule has 0 bridgehead atoms. The maximum absolute atomic E-state index is 12.0. The van der Waals surface area contributed by atoms with Crippen LogP contribution in [0.15, 0.2) is 18.2 Å². The lowest BCUT2D eigenvalue weighted by molar-refractivity contribution is -0.123. The number of carbonyl (C=O) groups is 1. The highest BCUT2D eigenvalue weighted by atomic mass is 16.5. The van der Waals surface area contributed by atoms with Gasteiger partial charge in [0.1, 0.15) is 0 Å². The highest BCUT2D eigenvalue weighted by molar-refractivity contribution is 5.81. The number of benzene rings is 1. The monoisotopic (exact) mass is 320 g/mol. The Hall–Kier alpha value is -1.75. The van der Waals surface area contributed by atoms with E-state index in [1.54, 1.807) is 7.11 Å². The molecular formula is C18H28N2O3. The van der Waals surface area contributed by atoms with E-state index in [9.17, 15) is 4.79 Å². The molecule has 1 unspecified atom stereocenters. The van der Waals surface area contributed by atoms with E-state index in [4.69, 9.17) is 9.47 Å². The minimum absolute atomic E-state index is 0.00528. The second kappa shape index (κ2) is 9.40. The quantitative estimate of drug-likeness (QED) is 0.722. The molecule has 5 nitrogen and oxygen atoms in total. The molecule has 1 aliphatic rings. The van der Waals surface area contributed by atoms with E-state index in [2.05, 4.69) is 10.6 Å². The number of piperidine rings is 1. The fraction of sp³-hybridized carbons (Fsp3) is 0.611. The summed E-state index contributed by atoms with van der Waals surface area (Å²) in [5.74, 6) is 1.67. The van der Waals surface area contributed by atoms with Crippen molar-refractivity contribution in [3.05, 3.63) is 23.8 Å². The summed E-state index contributed by atoms with van der Waals surface area (Å²) in [6.45, 7) is 4.22. The number of hydrogen-bond acceptors (Lipinski definition) is 4. The molecule has 1 aliphatic heterocycles. The van der Waals surface area contributed by atoms with Crippen LogP contribution in [0.25, 0.3) is 0 Å². The van der Waals surface area contributed by atoms with Crippen molar-refractivity contribution >= 4 is 5.91 Å². The predicted octanol–water partition coefficient (Wildman–Crippen LogP) is 2.28. The Morgan fingerprint density at radius 3 is 2.91 bits per heavy atom. The number of hydrogen-bond donors (Lipinski definition) is 2. The maximum Gasteiger partial charge on any atom is 0.237 e. The Labute approximate surface area is 138 Å². The Bertz CT molecular complexity index is 499. The van der Waals surface area contributed by atoms with Crippen molar-refractivity contribution in [3.8, 4) is 11.5 Å². The van der Waals surface area contributed by atoms with Gasteiger partial charge in [-0.1, -0.05) is 12.5 Å². The number of carbonyl (C=O) groups excluding carboxylic acids is 1. The fourth-order valence-electron chi connectivity index (χ4n) is 2.85. The lowest BCUT2D eigenvalue weighted by Gasteiger charge is -2.22. The maximum atomic E-state index is 12.0. The molecule has 0 radical (unpaired) electrons. The summed E-state index contributed by atoms with van der Waals surface area (Å²) in [5.41, 5.74) is 1.19. The van der Waals surface area contributed by atoms with Crippen LogP contribution in [0.3, 0.4) is 0 Å². The molecule has 1 heterocycles. The van der Waals surface area contributed by atoms with Crippen LogP contribution in [-0.4, -0.2) is 38.8 Å². The normalized spacial score (nSPS) is 17.6. The number of ether oxygens (including phenoxy) is 2. The molecule has 128 valence electrons. The van der Waals surface area contributed by atoms with E-state index in [-0.39, 0.29) is 11.9 Å². The van der Waals surface area contributed by atoms with Crippen LogP contribution in [-0.2, 0) is 11.2 Å². The van der Waals surface area contributed by atoms with Crippen LogP contribution in [0.5, 0.6) is 11.5 Å². The first-order valence-corrected chi connectivity index (χ1v) is 8.55. The average molecular weight is 320 g/mol. The van der Waals surface area contributed by atoms with Crippen LogP contribution >= 0.6 is 0 Å². The zero-order valence-electron chi connectivity index (χ0n) is 14.2. The number of amides is 1. The van der Waals surface area contributed by atoms with Crippen molar-refractivity contribution < 1.29 is 14.3 Å². The van der Waals surface area contributed by atoms with E-state index in [1.807, 2.05) is 25.1 Å². The zero-order valence-corrected chi connectivity index (χ0v) is 14.2. The zero-order chi connectivity index (χ0) is 16.5. The molecule has 0 aliphatic carbocycles. The van der Waals surface area contributed by atoms with Gasteiger partial charge in [0.25, 0.3) is 0 Å². The van der Waals surface area contributed by atoms with E-state index < -0.39 is 0 Å². The van der Waals surface area contributed by atoms with Gasteiger partial charge in [0.15, 0.2) is 11.5 Å². The number of rotatable bonds is 8. The summed E-state index contributed by atoms with van der Waals surface area (Å²) < 4.78 is 10.9. The third-order valence-corrected chi connectivity index (χ3v) is 4.10. The summed E-state index contributed by atoms with van der Waals surface area (Å²) in [6.07, 6.45) is 5.07. The molecule has 1 fully saturated rings. The van der Waals surface area contributed by atoms with Crippen LogP contribution in [0, 0.1) is 0 Å². The second-order valence-electron chi connectivity index (χ2n) is 5.82. The standard InChI is InChI=1S/C18H28N2O3/c1-3-23-17-13-14(9-10-16(17)22-2)7-6-12-20-18(21)15-8-4-5-11-19-15/h9-10,13,15,19H,3-8,11-12H2,1-2H3,(H,20,21). The van der Waals surface area contributed by atoms with E-state index in [0.717, 1.165) is 43.7 Å². The Balaban J connectivity index is 1.75. The highest BCUT2D eigenvalue weighted by Gasteiger charge is 2.19. The molecular weight excluding hydrogens is 292 g/mol. The molecule has 1 aromatic carbocycles. The van der Waals surface area contributed by atoms with Gasteiger partial charge in [0.2, 0.25) is 5.91 Å². The van der Waals surface area contributed by atoms with Gasteiger partial charge in [0.05, 0.1) is 19.8 Å². The number of aryl methyl sites for hydroxylation is 1. The van der Waals surface area contributed by atoms with Gasteiger partial charge < -0.3 is 20.1 Å². The summed E-state index contributed by atoms with van der Waals surface area (Å²) >= 11 is 0. The predicted molar refractivity (Wildman–Crippen MR) is 91.1 cm³/mol. The molecule has 1 atom stereocenters. The Morgan fingerprint density at radius 1 is 1.35 bits per heavy atom. The molecule has 2 N–H and O–H groups in total. The number of methoxy groups -OCH3 is 1. The average Bonchev–Trinajstić information content (AvgIpc) is 2.60. The highest BCUT2D eigenvalue weighted by Crippen LogP contribution is 2.28. The summed E-state index contributed by atoms with van der Waals surface area (Å²) in [4.78, 5) is 12.0. The van der Waals surface area contributed by atoms with Crippen molar-refractivity contribution in [3.63, 3.8) is 0 Å². The molecule has 5 heteroatoms. The van der Waals surface area contributed by atoms with Gasteiger partial charge in [-0.25, -0.2) is 0 Å². The van der Waals surface area contributed by atoms with Crippen molar-refractivity contribution in [1.29, 1.82) is 0 Å². The van der Waals surface area contributed by atoms with E-state index in [1.165, 1.54) is 12.0 Å². The Morgan fingerprint density at radius 2 is 2.22 bits per heavy atom. The van der Waals surface area contributed by atoms with Gasteiger partial charge in [0, 0.05) is 6.54 Å². The molecule has 0 spiro atoms. The fourth-order valence-corrected chi connectivity index (χ4v) is 2.85. The first-order valence-electron chi connectivity index (χ1n) is 8.55.